The van der Waals surface area contributed by atoms with Crippen LogP contribution in [0.4, 0.5) is 5.82 Å². The number of halogens is 1. The first kappa shape index (κ1) is 10.3. The SMILES string of the molecule is O=[N+]([O-])c1nn(Cc2cccs2)cc1Br. The molecule has 15 heavy (non-hydrogen) atoms. The van der Waals surface area contributed by atoms with E-state index in [-0.39, 0.29) is 5.82 Å². The number of aromatic nitrogens is 2. The van der Waals surface area contributed by atoms with Crippen molar-refractivity contribution >= 4 is 33.1 Å². The molecule has 0 N–H and O–H groups in total. The van der Waals surface area contributed by atoms with E-state index < -0.39 is 4.92 Å². The first-order valence-corrected chi connectivity index (χ1v) is 5.74. The summed E-state index contributed by atoms with van der Waals surface area (Å²) in [5.41, 5.74) is 0. The predicted molar refractivity (Wildman–Crippen MR) is 60.0 cm³/mol. The molecular formula is C8H6BrN3O2S. The van der Waals surface area contributed by atoms with E-state index >= 15 is 0 Å². The second-order valence-electron chi connectivity index (χ2n) is 2.83. The summed E-state index contributed by atoms with van der Waals surface area (Å²) >= 11 is 4.70. The van der Waals surface area contributed by atoms with Crippen LogP contribution >= 0.6 is 27.3 Å². The highest BCUT2D eigenvalue weighted by molar-refractivity contribution is 9.10. The van der Waals surface area contributed by atoms with E-state index in [2.05, 4.69) is 21.0 Å². The first-order valence-electron chi connectivity index (χ1n) is 4.06. The monoisotopic (exact) mass is 287 g/mol. The van der Waals surface area contributed by atoms with Crippen molar-refractivity contribution in [2.75, 3.05) is 0 Å². The molecule has 7 heteroatoms. The third-order valence-corrected chi connectivity index (χ3v) is 3.19. The zero-order valence-corrected chi connectivity index (χ0v) is 9.86. The molecule has 0 spiro atoms. The number of hydrogen-bond donors (Lipinski definition) is 0. The zero-order valence-electron chi connectivity index (χ0n) is 7.46. The fourth-order valence-electron chi connectivity index (χ4n) is 1.15. The van der Waals surface area contributed by atoms with Crippen LogP contribution in [0.1, 0.15) is 4.88 Å². The average molecular weight is 288 g/mol. The fourth-order valence-corrected chi connectivity index (χ4v) is 2.31. The van der Waals surface area contributed by atoms with Crippen LogP contribution in [0.15, 0.2) is 28.2 Å². The molecule has 0 radical (unpaired) electrons. The summed E-state index contributed by atoms with van der Waals surface area (Å²) in [5.74, 6) is -0.147. The van der Waals surface area contributed by atoms with Gasteiger partial charge in [-0.25, -0.2) is 0 Å². The summed E-state index contributed by atoms with van der Waals surface area (Å²) in [6.07, 6.45) is 1.61. The summed E-state index contributed by atoms with van der Waals surface area (Å²) in [6.45, 7) is 0.560. The fraction of sp³-hybridized carbons (Fsp3) is 0.125. The molecule has 0 aliphatic heterocycles. The molecule has 0 saturated carbocycles. The van der Waals surface area contributed by atoms with E-state index in [0.29, 0.717) is 11.0 Å². The van der Waals surface area contributed by atoms with Gasteiger partial charge >= 0.3 is 5.82 Å². The van der Waals surface area contributed by atoms with Gasteiger partial charge in [-0.3, -0.25) is 0 Å². The van der Waals surface area contributed by atoms with Gasteiger partial charge in [0.1, 0.15) is 4.47 Å². The number of rotatable bonds is 3. The van der Waals surface area contributed by atoms with E-state index in [1.54, 1.807) is 22.2 Å². The van der Waals surface area contributed by atoms with Crippen LogP contribution in [0.2, 0.25) is 0 Å². The van der Waals surface area contributed by atoms with Crippen molar-refractivity contribution in [2.45, 2.75) is 6.54 Å². The molecule has 0 aromatic carbocycles. The Morgan fingerprint density at radius 3 is 3.00 bits per heavy atom. The van der Waals surface area contributed by atoms with E-state index in [1.165, 1.54) is 0 Å². The van der Waals surface area contributed by atoms with Gasteiger partial charge in [0.15, 0.2) is 0 Å². The second kappa shape index (κ2) is 4.11. The third kappa shape index (κ3) is 2.24. The lowest BCUT2D eigenvalue weighted by Gasteiger charge is -1.91. The Balaban J connectivity index is 2.23. The second-order valence-corrected chi connectivity index (χ2v) is 4.72. The minimum absolute atomic E-state index is 0.147. The van der Waals surface area contributed by atoms with Crippen molar-refractivity contribution in [2.24, 2.45) is 0 Å². The van der Waals surface area contributed by atoms with Gasteiger partial charge in [0, 0.05) is 4.88 Å². The van der Waals surface area contributed by atoms with E-state index in [1.807, 2.05) is 17.5 Å². The highest BCUT2D eigenvalue weighted by atomic mass is 79.9. The van der Waals surface area contributed by atoms with Crippen molar-refractivity contribution in [3.05, 3.63) is 43.2 Å². The number of thiophene rings is 1. The Bertz CT molecular complexity index is 480. The molecule has 0 unspecified atom stereocenters. The minimum atomic E-state index is -0.505. The van der Waals surface area contributed by atoms with Crippen molar-refractivity contribution in [1.29, 1.82) is 0 Å². The lowest BCUT2D eigenvalue weighted by molar-refractivity contribution is -0.390. The molecular weight excluding hydrogens is 282 g/mol. The maximum absolute atomic E-state index is 10.5. The third-order valence-electron chi connectivity index (χ3n) is 1.77. The molecule has 78 valence electrons. The van der Waals surface area contributed by atoms with E-state index in [0.717, 1.165) is 4.88 Å². The van der Waals surface area contributed by atoms with Crippen LogP contribution in [0, 0.1) is 10.1 Å². The summed E-state index contributed by atoms with van der Waals surface area (Å²) in [7, 11) is 0. The van der Waals surface area contributed by atoms with Crippen molar-refractivity contribution in [3.8, 4) is 0 Å². The molecule has 2 aromatic rings. The lowest BCUT2D eigenvalue weighted by Crippen LogP contribution is -1.99. The van der Waals surface area contributed by atoms with Gasteiger partial charge in [0.05, 0.1) is 17.8 Å². The molecule has 0 saturated heterocycles. The maximum atomic E-state index is 10.5. The number of hydrogen-bond acceptors (Lipinski definition) is 4. The topological polar surface area (TPSA) is 61.0 Å². The van der Waals surface area contributed by atoms with Crippen LogP contribution in [-0.2, 0) is 6.54 Å². The Kier molecular flexibility index (Phi) is 2.83. The smallest absolute Gasteiger partial charge is 0.358 e. The van der Waals surface area contributed by atoms with Crippen LogP contribution in [-0.4, -0.2) is 14.7 Å². The maximum Gasteiger partial charge on any atom is 0.404 e. The van der Waals surface area contributed by atoms with Gasteiger partial charge in [0.2, 0.25) is 0 Å². The highest BCUT2D eigenvalue weighted by Crippen LogP contribution is 2.23. The summed E-state index contributed by atoms with van der Waals surface area (Å²) < 4.78 is 1.96. The van der Waals surface area contributed by atoms with Crippen molar-refractivity contribution in [3.63, 3.8) is 0 Å². The summed E-state index contributed by atoms with van der Waals surface area (Å²) in [5, 5.41) is 16.4. The Hall–Kier alpha value is -1.21. The van der Waals surface area contributed by atoms with Gasteiger partial charge < -0.3 is 10.1 Å². The van der Waals surface area contributed by atoms with Crippen LogP contribution < -0.4 is 0 Å². The normalized spacial score (nSPS) is 10.5. The molecule has 0 bridgehead atoms. The van der Waals surface area contributed by atoms with Gasteiger partial charge in [-0.05, 0) is 32.3 Å². The average Bonchev–Trinajstić information content (AvgIpc) is 2.75. The molecule has 5 nitrogen and oxygen atoms in total. The Morgan fingerprint density at radius 1 is 1.67 bits per heavy atom. The number of nitrogens with zero attached hydrogens (tertiary/aromatic N) is 3. The van der Waals surface area contributed by atoms with Gasteiger partial charge in [-0.15, -0.1) is 11.3 Å². The van der Waals surface area contributed by atoms with E-state index in [4.69, 9.17) is 0 Å². The quantitative estimate of drug-likeness (QED) is 0.644. The van der Waals surface area contributed by atoms with E-state index in [9.17, 15) is 10.1 Å². The van der Waals surface area contributed by atoms with Crippen LogP contribution in [0.3, 0.4) is 0 Å². The molecule has 0 fully saturated rings. The highest BCUT2D eigenvalue weighted by Gasteiger charge is 2.18. The molecule has 0 amide bonds. The summed E-state index contributed by atoms with van der Waals surface area (Å²) in [4.78, 5) is 11.1. The molecule has 0 aliphatic rings. The summed E-state index contributed by atoms with van der Waals surface area (Å²) in [6, 6.07) is 3.90. The molecule has 0 atom stereocenters. The minimum Gasteiger partial charge on any atom is -0.358 e. The first-order chi connectivity index (χ1) is 7.16. The Morgan fingerprint density at radius 2 is 2.47 bits per heavy atom. The molecule has 0 aliphatic carbocycles. The standard InChI is InChI=1S/C8H6BrN3O2S/c9-7-5-11(10-8(7)12(13)14)4-6-2-1-3-15-6/h1-3,5H,4H2. The molecule has 2 rings (SSSR count). The van der Waals surface area contributed by atoms with Gasteiger partial charge in [-0.1, -0.05) is 6.07 Å². The lowest BCUT2D eigenvalue weighted by atomic mass is 10.5. The zero-order chi connectivity index (χ0) is 10.8. The Labute approximate surface area is 97.6 Å². The largest absolute Gasteiger partial charge is 0.404 e. The van der Waals surface area contributed by atoms with Crippen molar-refractivity contribution in [1.82, 2.24) is 9.78 Å². The van der Waals surface area contributed by atoms with Crippen LogP contribution in [0.25, 0.3) is 0 Å². The predicted octanol–water partition coefficient (Wildman–Crippen LogP) is 2.66. The molecule has 2 aromatic heterocycles. The molecule has 2 heterocycles. The van der Waals surface area contributed by atoms with Crippen molar-refractivity contribution < 1.29 is 4.92 Å². The van der Waals surface area contributed by atoms with Gasteiger partial charge in [-0.2, -0.15) is 4.68 Å². The number of nitro groups is 1. The van der Waals surface area contributed by atoms with Gasteiger partial charge in [0.25, 0.3) is 0 Å². The van der Waals surface area contributed by atoms with Crippen LogP contribution in [0.5, 0.6) is 0 Å².